The molecule has 0 aromatic heterocycles. The molecule has 0 aliphatic carbocycles. The van der Waals surface area contributed by atoms with Crippen molar-refractivity contribution in [3.63, 3.8) is 0 Å². The summed E-state index contributed by atoms with van der Waals surface area (Å²) in [6, 6.07) is 0. The summed E-state index contributed by atoms with van der Waals surface area (Å²) < 4.78 is 0. The first-order valence-electron chi connectivity index (χ1n) is 5.14. The Morgan fingerprint density at radius 1 is 1.00 bits per heavy atom. The summed E-state index contributed by atoms with van der Waals surface area (Å²) in [6.45, 7) is 1.74. The number of hydrogen-bond acceptors (Lipinski definition) is 3. The molecule has 0 saturated carbocycles. The molecular weight excluding hydrogens is 166 g/mol. The second-order valence-corrected chi connectivity index (χ2v) is 3.46. The van der Waals surface area contributed by atoms with Gasteiger partial charge in [-0.05, 0) is 12.8 Å². The molecule has 13 heavy (non-hydrogen) atoms. The van der Waals surface area contributed by atoms with Crippen LogP contribution in [0.15, 0.2) is 0 Å². The summed E-state index contributed by atoms with van der Waals surface area (Å²) in [5.41, 5.74) is 5.91. The van der Waals surface area contributed by atoms with Crippen molar-refractivity contribution in [1.29, 1.82) is 0 Å². The highest BCUT2D eigenvalue weighted by atomic mass is 16.1. The van der Waals surface area contributed by atoms with E-state index in [2.05, 4.69) is 11.0 Å². The second-order valence-electron chi connectivity index (χ2n) is 3.46. The van der Waals surface area contributed by atoms with E-state index in [1.807, 2.05) is 0 Å². The minimum absolute atomic E-state index is 0.802. The maximum absolute atomic E-state index is 10.5. The van der Waals surface area contributed by atoms with E-state index in [-0.39, 0.29) is 0 Å². The smallest absolute Gasteiger partial charge is 0.224 e. The van der Waals surface area contributed by atoms with Gasteiger partial charge in [0.2, 0.25) is 6.41 Å². The van der Waals surface area contributed by atoms with Gasteiger partial charge in [-0.3, -0.25) is 9.80 Å². The highest BCUT2D eigenvalue weighted by Crippen LogP contribution is 2.05. The fourth-order valence-electron chi connectivity index (χ4n) is 1.50. The van der Waals surface area contributed by atoms with Crippen molar-refractivity contribution in [3.05, 3.63) is 0 Å². The SMILES string of the molecule is O=CN1CCCCCCCCNN1. The van der Waals surface area contributed by atoms with Crippen molar-refractivity contribution in [2.24, 2.45) is 0 Å². The van der Waals surface area contributed by atoms with E-state index >= 15 is 0 Å². The molecule has 1 heterocycles. The van der Waals surface area contributed by atoms with Gasteiger partial charge < -0.3 is 0 Å². The van der Waals surface area contributed by atoms with Crippen LogP contribution in [0.1, 0.15) is 38.5 Å². The molecule has 1 saturated heterocycles. The van der Waals surface area contributed by atoms with Crippen molar-refractivity contribution in [1.82, 2.24) is 16.0 Å². The number of nitrogens with zero attached hydrogens (tertiary/aromatic N) is 1. The third-order valence-corrected chi connectivity index (χ3v) is 2.30. The van der Waals surface area contributed by atoms with Crippen molar-refractivity contribution in [3.8, 4) is 0 Å². The molecule has 2 N–H and O–H groups in total. The number of carbonyl (C=O) groups is 1. The molecule has 0 aromatic carbocycles. The Hall–Kier alpha value is -0.610. The van der Waals surface area contributed by atoms with E-state index < -0.39 is 0 Å². The molecule has 1 fully saturated rings. The molecule has 1 amide bonds. The molecule has 1 aliphatic rings. The van der Waals surface area contributed by atoms with Gasteiger partial charge in [-0.25, -0.2) is 5.43 Å². The third-order valence-electron chi connectivity index (χ3n) is 2.30. The number of hydrogen-bond donors (Lipinski definition) is 2. The molecule has 1 aliphatic heterocycles. The third kappa shape index (κ3) is 4.85. The molecule has 0 unspecified atom stereocenters. The van der Waals surface area contributed by atoms with Gasteiger partial charge in [0.25, 0.3) is 0 Å². The zero-order valence-electron chi connectivity index (χ0n) is 8.09. The van der Waals surface area contributed by atoms with Crippen molar-refractivity contribution in [2.45, 2.75) is 38.5 Å². The van der Waals surface area contributed by atoms with Crippen LogP contribution in [0.5, 0.6) is 0 Å². The summed E-state index contributed by atoms with van der Waals surface area (Å²) in [5, 5.41) is 1.57. The van der Waals surface area contributed by atoms with E-state index in [9.17, 15) is 4.79 Å². The Balaban J connectivity index is 2.22. The predicted molar refractivity (Wildman–Crippen MR) is 51.6 cm³/mol. The fraction of sp³-hybridized carbons (Fsp3) is 0.889. The first-order chi connectivity index (χ1) is 6.43. The lowest BCUT2D eigenvalue weighted by Gasteiger charge is -2.18. The standard InChI is InChI=1S/C9H19N3O/c13-9-12-8-6-4-2-1-3-5-7-10-11-12/h9-11H,1-8H2. The Morgan fingerprint density at radius 2 is 1.69 bits per heavy atom. The average Bonchev–Trinajstić information content (AvgIpc) is 2.22. The Labute approximate surface area is 79.6 Å². The van der Waals surface area contributed by atoms with Gasteiger partial charge in [-0.2, -0.15) is 5.53 Å². The van der Waals surface area contributed by atoms with Gasteiger partial charge in [-0.1, -0.05) is 25.7 Å². The van der Waals surface area contributed by atoms with Crippen molar-refractivity contribution >= 4 is 6.41 Å². The highest BCUT2D eigenvalue weighted by Gasteiger charge is 2.01. The minimum Gasteiger partial charge on any atom is -0.277 e. The van der Waals surface area contributed by atoms with E-state index in [0.29, 0.717) is 0 Å². The Morgan fingerprint density at radius 3 is 2.46 bits per heavy atom. The summed E-state index contributed by atoms with van der Waals surface area (Å²) in [7, 11) is 0. The zero-order chi connectivity index (χ0) is 9.36. The van der Waals surface area contributed by atoms with Crippen LogP contribution in [0.25, 0.3) is 0 Å². The predicted octanol–water partition coefficient (Wildman–Crippen LogP) is 0.808. The normalized spacial score (nSPS) is 22.0. The van der Waals surface area contributed by atoms with Gasteiger partial charge in [0.05, 0.1) is 0 Å². The molecule has 0 spiro atoms. The molecule has 0 bridgehead atoms. The number of nitrogens with one attached hydrogen (secondary N) is 2. The molecule has 4 nitrogen and oxygen atoms in total. The van der Waals surface area contributed by atoms with Crippen LogP contribution < -0.4 is 11.0 Å². The topological polar surface area (TPSA) is 44.4 Å². The van der Waals surface area contributed by atoms with Crippen LogP contribution in [0.3, 0.4) is 0 Å². The highest BCUT2D eigenvalue weighted by molar-refractivity contribution is 5.45. The lowest BCUT2D eigenvalue weighted by molar-refractivity contribution is -0.122. The zero-order valence-corrected chi connectivity index (χ0v) is 8.09. The molecule has 0 radical (unpaired) electrons. The van der Waals surface area contributed by atoms with Crippen LogP contribution in [-0.4, -0.2) is 24.5 Å². The second kappa shape index (κ2) is 6.86. The van der Waals surface area contributed by atoms with Gasteiger partial charge >= 0.3 is 0 Å². The summed E-state index contributed by atoms with van der Waals surface area (Å²) in [4.78, 5) is 10.5. The van der Waals surface area contributed by atoms with E-state index in [0.717, 1.165) is 25.9 Å². The van der Waals surface area contributed by atoms with E-state index in [1.165, 1.54) is 32.1 Å². The van der Waals surface area contributed by atoms with Crippen LogP contribution in [0, 0.1) is 0 Å². The average molecular weight is 185 g/mol. The first-order valence-corrected chi connectivity index (χ1v) is 5.14. The summed E-state index contributed by atoms with van der Waals surface area (Å²) >= 11 is 0. The molecule has 0 aromatic rings. The van der Waals surface area contributed by atoms with E-state index in [4.69, 9.17) is 0 Å². The summed E-state index contributed by atoms with van der Waals surface area (Å²) in [5.74, 6) is 0. The van der Waals surface area contributed by atoms with Gasteiger partial charge in [0, 0.05) is 13.1 Å². The van der Waals surface area contributed by atoms with Gasteiger partial charge in [-0.15, -0.1) is 0 Å². The lowest BCUT2D eigenvalue weighted by atomic mass is 10.1. The molecule has 0 atom stereocenters. The van der Waals surface area contributed by atoms with Gasteiger partial charge in [0.1, 0.15) is 0 Å². The van der Waals surface area contributed by atoms with Crippen molar-refractivity contribution in [2.75, 3.05) is 13.1 Å². The molecule has 1 rings (SSSR count). The monoisotopic (exact) mass is 185 g/mol. The molecular formula is C9H19N3O. The number of hydrazine groups is 2. The molecule has 76 valence electrons. The van der Waals surface area contributed by atoms with Crippen LogP contribution in [0.4, 0.5) is 0 Å². The summed E-state index contributed by atoms with van der Waals surface area (Å²) in [6.07, 6.45) is 8.25. The van der Waals surface area contributed by atoms with Crippen LogP contribution in [0.2, 0.25) is 0 Å². The van der Waals surface area contributed by atoms with Crippen LogP contribution >= 0.6 is 0 Å². The fourth-order valence-corrected chi connectivity index (χ4v) is 1.50. The molecule has 4 heteroatoms. The van der Waals surface area contributed by atoms with Crippen molar-refractivity contribution < 1.29 is 4.79 Å². The first kappa shape index (κ1) is 10.5. The number of amides is 1. The Bertz CT molecular complexity index is 129. The largest absolute Gasteiger partial charge is 0.277 e. The maximum Gasteiger partial charge on any atom is 0.224 e. The van der Waals surface area contributed by atoms with E-state index in [1.54, 1.807) is 5.01 Å². The van der Waals surface area contributed by atoms with Crippen LogP contribution in [-0.2, 0) is 4.79 Å². The van der Waals surface area contributed by atoms with Gasteiger partial charge in [0.15, 0.2) is 0 Å². The maximum atomic E-state index is 10.5. The lowest BCUT2D eigenvalue weighted by Crippen LogP contribution is -2.46. The number of rotatable bonds is 1. The minimum atomic E-state index is 0.802. The number of carbonyl (C=O) groups excluding carboxylic acids is 1. The quantitative estimate of drug-likeness (QED) is 0.594. The Kier molecular flexibility index (Phi) is 5.52.